The van der Waals surface area contributed by atoms with Gasteiger partial charge < -0.3 is 19.5 Å². The molecule has 1 atom stereocenters. The summed E-state index contributed by atoms with van der Waals surface area (Å²) in [5, 5.41) is 2.84. The predicted octanol–water partition coefficient (Wildman–Crippen LogP) is 3.37. The van der Waals surface area contributed by atoms with E-state index in [2.05, 4.69) is 12.2 Å². The van der Waals surface area contributed by atoms with Crippen LogP contribution in [0.4, 0.5) is 4.39 Å². The highest BCUT2D eigenvalue weighted by Crippen LogP contribution is 2.25. The van der Waals surface area contributed by atoms with E-state index in [1.807, 2.05) is 9.47 Å². The number of nitrogens with one attached hydrogen (secondary N) is 1. The fourth-order valence-electron chi connectivity index (χ4n) is 4.01. The van der Waals surface area contributed by atoms with Gasteiger partial charge in [-0.2, -0.15) is 0 Å². The van der Waals surface area contributed by atoms with Crippen molar-refractivity contribution in [1.82, 2.24) is 14.8 Å². The number of hydrogen-bond donors (Lipinski definition) is 1. The summed E-state index contributed by atoms with van der Waals surface area (Å²) in [6, 6.07) is 6.20. The third kappa shape index (κ3) is 3.89. The minimum atomic E-state index is -0.500. The Morgan fingerprint density at radius 1 is 1.31 bits per heavy atom. The van der Waals surface area contributed by atoms with Crippen molar-refractivity contribution in [2.75, 3.05) is 13.2 Å². The first kappa shape index (κ1) is 19.9. The molecule has 0 spiro atoms. The quantitative estimate of drug-likeness (QED) is 0.826. The van der Waals surface area contributed by atoms with Crippen molar-refractivity contribution in [3.05, 3.63) is 57.6 Å². The topological polar surface area (TPSA) is 63.6 Å². The second kappa shape index (κ2) is 8.16. The monoisotopic (exact) mass is 419 g/mol. The smallest absolute Gasteiger partial charge is 0.270 e. The van der Waals surface area contributed by atoms with Gasteiger partial charge in [-0.15, -0.1) is 0 Å². The lowest BCUT2D eigenvalue weighted by Gasteiger charge is -2.24. The number of fused-ring (bicyclic) bond motifs is 1. The molecular weight excluding hydrogens is 397 g/mol. The van der Waals surface area contributed by atoms with Crippen molar-refractivity contribution in [2.24, 2.45) is 0 Å². The van der Waals surface area contributed by atoms with Crippen LogP contribution in [0.5, 0.6) is 0 Å². The van der Waals surface area contributed by atoms with Gasteiger partial charge in [-0.1, -0.05) is 17.7 Å². The standard InChI is InChI=1S/C21H23ClFN3O3/c1-13-3-2-6-25(13)21(28)18-10-15(19-12-29-8-7-26(18)19)20(27)24-11-14-4-5-17(23)16(22)9-14/h4-5,9-10,13H,2-3,6-8,11-12H2,1H3,(H,24,27). The molecule has 2 amide bonds. The van der Waals surface area contributed by atoms with Crippen LogP contribution < -0.4 is 5.32 Å². The van der Waals surface area contributed by atoms with Gasteiger partial charge in [-0.05, 0) is 43.5 Å². The Kier molecular flexibility index (Phi) is 5.61. The fraction of sp³-hybridized carbons (Fsp3) is 0.429. The van der Waals surface area contributed by atoms with Crippen molar-refractivity contribution >= 4 is 23.4 Å². The van der Waals surface area contributed by atoms with Crippen molar-refractivity contribution in [3.8, 4) is 0 Å². The number of likely N-dealkylation sites (tertiary alicyclic amines) is 1. The van der Waals surface area contributed by atoms with E-state index >= 15 is 0 Å². The van der Waals surface area contributed by atoms with Crippen LogP contribution >= 0.6 is 11.6 Å². The van der Waals surface area contributed by atoms with Crippen LogP contribution in [0.3, 0.4) is 0 Å². The third-order valence-electron chi connectivity index (χ3n) is 5.62. The van der Waals surface area contributed by atoms with Gasteiger partial charge in [-0.25, -0.2) is 4.39 Å². The lowest BCUT2D eigenvalue weighted by Crippen LogP contribution is -2.35. The zero-order valence-electron chi connectivity index (χ0n) is 16.2. The summed E-state index contributed by atoms with van der Waals surface area (Å²) < 4.78 is 20.7. The molecule has 0 radical (unpaired) electrons. The van der Waals surface area contributed by atoms with Crippen LogP contribution in [-0.4, -0.2) is 40.5 Å². The average molecular weight is 420 g/mol. The Hall–Kier alpha value is -2.38. The fourth-order valence-corrected chi connectivity index (χ4v) is 4.21. The van der Waals surface area contributed by atoms with Crippen molar-refractivity contribution in [2.45, 2.75) is 45.5 Å². The number of benzene rings is 1. The first-order valence-corrected chi connectivity index (χ1v) is 10.2. The van der Waals surface area contributed by atoms with Gasteiger partial charge in [0.15, 0.2) is 0 Å². The lowest BCUT2D eigenvalue weighted by molar-refractivity contribution is 0.0684. The number of halogens is 2. The normalized spacial score (nSPS) is 18.6. The summed E-state index contributed by atoms with van der Waals surface area (Å²) in [5.74, 6) is -0.838. The maximum Gasteiger partial charge on any atom is 0.270 e. The van der Waals surface area contributed by atoms with E-state index in [0.29, 0.717) is 35.7 Å². The lowest BCUT2D eigenvalue weighted by atomic mass is 10.2. The van der Waals surface area contributed by atoms with Gasteiger partial charge in [0, 0.05) is 25.7 Å². The van der Waals surface area contributed by atoms with E-state index in [0.717, 1.165) is 19.4 Å². The van der Waals surface area contributed by atoms with E-state index < -0.39 is 5.82 Å². The van der Waals surface area contributed by atoms with Gasteiger partial charge >= 0.3 is 0 Å². The van der Waals surface area contributed by atoms with Crippen LogP contribution in [0.25, 0.3) is 0 Å². The molecular formula is C21H23ClFN3O3. The molecule has 1 aromatic carbocycles. The van der Waals surface area contributed by atoms with E-state index in [4.69, 9.17) is 16.3 Å². The summed E-state index contributed by atoms with van der Waals surface area (Å²) in [4.78, 5) is 27.8. The number of hydrogen-bond acceptors (Lipinski definition) is 3. The van der Waals surface area contributed by atoms with Crippen LogP contribution in [0.2, 0.25) is 5.02 Å². The highest BCUT2D eigenvalue weighted by molar-refractivity contribution is 6.30. The first-order chi connectivity index (χ1) is 14.0. The maximum absolute atomic E-state index is 13.3. The van der Waals surface area contributed by atoms with E-state index in [9.17, 15) is 14.0 Å². The minimum Gasteiger partial charge on any atom is -0.373 e. The van der Waals surface area contributed by atoms with E-state index in [1.165, 1.54) is 12.1 Å². The minimum absolute atomic E-state index is 0.0130. The molecule has 29 heavy (non-hydrogen) atoms. The summed E-state index contributed by atoms with van der Waals surface area (Å²) in [5.41, 5.74) is 2.37. The summed E-state index contributed by atoms with van der Waals surface area (Å²) in [6.07, 6.45) is 1.99. The molecule has 1 fully saturated rings. The molecule has 2 aliphatic rings. The Labute approximate surface area is 173 Å². The Morgan fingerprint density at radius 3 is 2.86 bits per heavy atom. The molecule has 1 unspecified atom stereocenters. The summed E-state index contributed by atoms with van der Waals surface area (Å²) >= 11 is 5.80. The van der Waals surface area contributed by atoms with Gasteiger partial charge in [-0.3, -0.25) is 9.59 Å². The molecule has 154 valence electrons. The Balaban J connectivity index is 1.56. The number of ether oxygens (including phenoxy) is 1. The molecule has 8 heteroatoms. The van der Waals surface area contributed by atoms with Gasteiger partial charge in [0.2, 0.25) is 0 Å². The third-order valence-corrected chi connectivity index (χ3v) is 5.91. The van der Waals surface area contributed by atoms with E-state index in [-0.39, 0.29) is 36.0 Å². The van der Waals surface area contributed by atoms with Gasteiger partial charge in [0.05, 0.1) is 29.5 Å². The molecule has 0 bridgehead atoms. The molecule has 0 aliphatic carbocycles. The zero-order chi connectivity index (χ0) is 20.5. The van der Waals surface area contributed by atoms with E-state index in [1.54, 1.807) is 12.1 Å². The number of carbonyl (C=O) groups is 2. The molecule has 1 saturated heterocycles. The molecule has 6 nitrogen and oxygen atoms in total. The average Bonchev–Trinajstić information content (AvgIpc) is 3.32. The van der Waals surface area contributed by atoms with Crippen molar-refractivity contribution < 1.29 is 18.7 Å². The largest absolute Gasteiger partial charge is 0.373 e. The molecule has 1 N–H and O–H groups in total. The molecule has 2 aliphatic heterocycles. The first-order valence-electron chi connectivity index (χ1n) is 9.79. The molecule has 2 aromatic rings. The summed E-state index contributed by atoms with van der Waals surface area (Å²) in [7, 11) is 0. The number of carbonyl (C=O) groups excluding carboxylic acids is 2. The summed E-state index contributed by atoms with van der Waals surface area (Å²) in [6.45, 7) is 4.33. The van der Waals surface area contributed by atoms with Gasteiger partial charge in [0.1, 0.15) is 11.5 Å². The Morgan fingerprint density at radius 2 is 2.14 bits per heavy atom. The number of nitrogens with zero attached hydrogens (tertiary/aromatic N) is 2. The molecule has 0 saturated carbocycles. The van der Waals surface area contributed by atoms with Crippen molar-refractivity contribution in [1.29, 1.82) is 0 Å². The second-order valence-corrected chi connectivity index (χ2v) is 7.92. The maximum atomic E-state index is 13.3. The highest BCUT2D eigenvalue weighted by Gasteiger charge is 2.31. The van der Waals surface area contributed by atoms with Crippen LogP contribution in [0, 0.1) is 5.82 Å². The Bertz CT molecular complexity index is 959. The second-order valence-electron chi connectivity index (χ2n) is 7.52. The van der Waals surface area contributed by atoms with Gasteiger partial charge in [0.25, 0.3) is 11.8 Å². The molecule has 3 heterocycles. The molecule has 4 rings (SSSR count). The molecule has 1 aromatic heterocycles. The number of rotatable bonds is 4. The predicted molar refractivity (Wildman–Crippen MR) is 106 cm³/mol. The number of aromatic nitrogens is 1. The highest BCUT2D eigenvalue weighted by atomic mass is 35.5. The SMILES string of the molecule is CC1CCCN1C(=O)c1cc(C(=O)NCc2ccc(F)c(Cl)c2)c2n1CCOC2. The number of amides is 2. The van der Waals surface area contributed by atoms with Crippen LogP contribution in [0.1, 0.15) is 51.9 Å². The van der Waals surface area contributed by atoms with Crippen molar-refractivity contribution in [3.63, 3.8) is 0 Å². The van der Waals surface area contributed by atoms with Crippen LogP contribution in [-0.2, 0) is 24.4 Å². The van der Waals surface area contributed by atoms with Crippen LogP contribution in [0.15, 0.2) is 24.3 Å². The zero-order valence-corrected chi connectivity index (χ0v) is 17.0.